The summed E-state index contributed by atoms with van der Waals surface area (Å²) in [5.41, 5.74) is 3.72. The van der Waals surface area contributed by atoms with Crippen LogP contribution in [0.2, 0.25) is 0 Å². The van der Waals surface area contributed by atoms with Gasteiger partial charge in [0.05, 0.1) is 5.69 Å². The van der Waals surface area contributed by atoms with Gasteiger partial charge in [0.1, 0.15) is 0 Å². The molecule has 0 aliphatic carbocycles. The quantitative estimate of drug-likeness (QED) is 0.797. The SMILES string of the molecule is c1ccc(-c2ccccc2CN2CCC2)nc1. The monoisotopic (exact) mass is 224 g/mol. The summed E-state index contributed by atoms with van der Waals surface area (Å²) in [6, 6.07) is 14.7. The molecule has 0 spiro atoms. The van der Waals surface area contributed by atoms with Gasteiger partial charge in [0, 0.05) is 18.3 Å². The van der Waals surface area contributed by atoms with Crippen LogP contribution in [0.4, 0.5) is 0 Å². The van der Waals surface area contributed by atoms with Crippen molar-refractivity contribution in [2.75, 3.05) is 13.1 Å². The van der Waals surface area contributed by atoms with Crippen LogP contribution in [0.5, 0.6) is 0 Å². The first-order valence-electron chi connectivity index (χ1n) is 6.15. The Labute approximate surface area is 102 Å². The largest absolute Gasteiger partial charge is 0.299 e. The van der Waals surface area contributed by atoms with Crippen molar-refractivity contribution in [2.45, 2.75) is 13.0 Å². The van der Waals surface area contributed by atoms with Crippen molar-refractivity contribution in [3.63, 3.8) is 0 Å². The number of nitrogens with zero attached hydrogens (tertiary/aromatic N) is 2. The van der Waals surface area contributed by atoms with Gasteiger partial charge in [-0.1, -0.05) is 30.3 Å². The van der Waals surface area contributed by atoms with E-state index in [4.69, 9.17) is 0 Å². The topological polar surface area (TPSA) is 16.1 Å². The van der Waals surface area contributed by atoms with E-state index in [0.29, 0.717) is 0 Å². The van der Waals surface area contributed by atoms with Crippen LogP contribution in [0.15, 0.2) is 48.7 Å². The molecule has 17 heavy (non-hydrogen) atoms. The van der Waals surface area contributed by atoms with Crippen molar-refractivity contribution in [1.82, 2.24) is 9.88 Å². The highest BCUT2D eigenvalue weighted by Gasteiger charge is 2.15. The van der Waals surface area contributed by atoms with Crippen molar-refractivity contribution < 1.29 is 0 Å². The van der Waals surface area contributed by atoms with E-state index >= 15 is 0 Å². The van der Waals surface area contributed by atoms with Crippen LogP contribution in [0.25, 0.3) is 11.3 Å². The molecule has 1 aliphatic rings. The van der Waals surface area contributed by atoms with Crippen LogP contribution >= 0.6 is 0 Å². The van der Waals surface area contributed by atoms with Gasteiger partial charge in [-0.15, -0.1) is 0 Å². The normalized spacial score (nSPS) is 15.5. The van der Waals surface area contributed by atoms with Crippen LogP contribution in [0, 0.1) is 0 Å². The molecule has 2 heterocycles. The van der Waals surface area contributed by atoms with Crippen LogP contribution in [0.1, 0.15) is 12.0 Å². The lowest BCUT2D eigenvalue weighted by Crippen LogP contribution is -2.36. The fourth-order valence-corrected chi connectivity index (χ4v) is 2.21. The van der Waals surface area contributed by atoms with E-state index in [2.05, 4.69) is 40.2 Å². The molecule has 2 nitrogen and oxygen atoms in total. The van der Waals surface area contributed by atoms with Gasteiger partial charge in [0.25, 0.3) is 0 Å². The lowest BCUT2D eigenvalue weighted by Gasteiger charge is -2.31. The molecule has 2 heteroatoms. The second-order valence-electron chi connectivity index (χ2n) is 4.50. The highest BCUT2D eigenvalue weighted by molar-refractivity contribution is 5.63. The minimum absolute atomic E-state index is 1.05. The highest BCUT2D eigenvalue weighted by Crippen LogP contribution is 2.24. The average Bonchev–Trinajstić information content (AvgIpc) is 2.35. The second-order valence-corrected chi connectivity index (χ2v) is 4.50. The molecule has 1 fully saturated rings. The Morgan fingerprint density at radius 3 is 2.53 bits per heavy atom. The number of likely N-dealkylation sites (tertiary alicyclic amines) is 1. The predicted molar refractivity (Wildman–Crippen MR) is 69.6 cm³/mol. The molecule has 1 aliphatic heterocycles. The predicted octanol–water partition coefficient (Wildman–Crippen LogP) is 2.95. The summed E-state index contributed by atoms with van der Waals surface area (Å²) in [7, 11) is 0. The Balaban J connectivity index is 1.92. The molecule has 0 saturated carbocycles. The Bertz CT molecular complexity index is 489. The minimum Gasteiger partial charge on any atom is -0.299 e. The zero-order valence-corrected chi connectivity index (χ0v) is 9.84. The molecule has 2 aromatic rings. The van der Waals surface area contributed by atoms with Crippen LogP contribution < -0.4 is 0 Å². The smallest absolute Gasteiger partial charge is 0.0705 e. The van der Waals surface area contributed by atoms with Crippen molar-refractivity contribution in [3.8, 4) is 11.3 Å². The summed E-state index contributed by atoms with van der Waals surface area (Å²) in [4.78, 5) is 6.92. The molecule has 0 amide bonds. The van der Waals surface area contributed by atoms with E-state index in [1.54, 1.807) is 0 Å². The summed E-state index contributed by atoms with van der Waals surface area (Å²) in [5, 5.41) is 0. The standard InChI is InChI=1S/C15H16N2/c1-2-7-14(15-8-3-4-9-16-15)13(6-1)12-17-10-5-11-17/h1-4,6-9H,5,10-12H2. The van der Waals surface area contributed by atoms with E-state index < -0.39 is 0 Å². The van der Waals surface area contributed by atoms with Gasteiger partial charge in [-0.25, -0.2) is 0 Å². The summed E-state index contributed by atoms with van der Waals surface area (Å²) in [5.74, 6) is 0. The molecule has 3 rings (SSSR count). The molecule has 0 unspecified atom stereocenters. The first kappa shape index (κ1) is 10.5. The molecule has 0 bridgehead atoms. The van der Waals surface area contributed by atoms with E-state index in [1.165, 1.54) is 30.6 Å². The summed E-state index contributed by atoms with van der Waals surface area (Å²) >= 11 is 0. The maximum atomic E-state index is 4.44. The van der Waals surface area contributed by atoms with E-state index in [1.807, 2.05) is 18.3 Å². The van der Waals surface area contributed by atoms with Crippen molar-refractivity contribution >= 4 is 0 Å². The van der Waals surface area contributed by atoms with Gasteiger partial charge in [0.15, 0.2) is 0 Å². The molecule has 1 aromatic carbocycles. The van der Waals surface area contributed by atoms with Crippen LogP contribution in [0.3, 0.4) is 0 Å². The number of aromatic nitrogens is 1. The Kier molecular flexibility index (Phi) is 2.88. The highest BCUT2D eigenvalue weighted by atomic mass is 15.2. The van der Waals surface area contributed by atoms with Crippen molar-refractivity contribution in [3.05, 3.63) is 54.2 Å². The van der Waals surface area contributed by atoms with Crippen molar-refractivity contribution in [2.24, 2.45) is 0 Å². The van der Waals surface area contributed by atoms with Crippen LogP contribution in [-0.2, 0) is 6.54 Å². The Morgan fingerprint density at radius 1 is 1.00 bits per heavy atom. The minimum atomic E-state index is 1.05. The third-order valence-electron chi connectivity index (χ3n) is 3.30. The molecular formula is C15H16N2. The zero-order valence-electron chi connectivity index (χ0n) is 9.84. The average molecular weight is 224 g/mol. The summed E-state index contributed by atoms with van der Waals surface area (Å²) in [6.45, 7) is 3.51. The van der Waals surface area contributed by atoms with Crippen LogP contribution in [-0.4, -0.2) is 23.0 Å². The molecular weight excluding hydrogens is 208 g/mol. The molecule has 1 saturated heterocycles. The van der Waals surface area contributed by atoms with Gasteiger partial charge >= 0.3 is 0 Å². The summed E-state index contributed by atoms with van der Waals surface area (Å²) < 4.78 is 0. The Morgan fingerprint density at radius 2 is 1.82 bits per heavy atom. The summed E-state index contributed by atoms with van der Waals surface area (Å²) in [6.07, 6.45) is 3.20. The Hall–Kier alpha value is -1.67. The fraction of sp³-hybridized carbons (Fsp3) is 0.267. The number of rotatable bonds is 3. The third-order valence-corrected chi connectivity index (χ3v) is 3.30. The van der Waals surface area contributed by atoms with E-state index in [-0.39, 0.29) is 0 Å². The lowest BCUT2D eigenvalue weighted by molar-refractivity contribution is 0.173. The van der Waals surface area contributed by atoms with Crippen molar-refractivity contribution in [1.29, 1.82) is 0 Å². The molecule has 86 valence electrons. The maximum absolute atomic E-state index is 4.44. The first-order valence-corrected chi connectivity index (χ1v) is 6.15. The van der Waals surface area contributed by atoms with Gasteiger partial charge in [-0.2, -0.15) is 0 Å². The number of benzene rings is 1. The van der Waals surface area contributed by atoms with Gasteiger partial charge in [0.2, 0.25) is 0 Å². The van der Waals surface area contributed by atoms with Gasteiger partial charge < -0.3 is 0 Å². The maximum Gasteiger partial charge on any atom is 0.0705 e. The van der Waals surface area contributed by atoms with E-state index in [0.717, 1.165) is 12.2 Å². The first-order chi connectivity index (χ1) is 8.43. The fourth-order valence-electron chi connectivity index (χ4n) is 2.21. The third kappa shape index (κ3) is 2.22. The van der Waals surface area contributed by atoms with E-state index in [9.17, 15) is 0 Å². The zero-order chi connectivity index (χ0) is 11.5. The van der Waals surface area contributed by atoms with Gasteiger partial charge in [-0.3, -0.25) is 9.88 Å². The molecule has 0 radical (unpaired) electrons. The number of hydrogen-bond donors (Lipinski definition) is 0. The lowest BCUT2D eigenvalue weighted by atomic mass is 10.0. The number of hydrogen-bond acceptors (Lipinski definition) is 2. The molecule has 0 N–H and O–H groups in total. The molecule has 0 atom stereocenters. The molecule has 1 aromatic heterocycles. The number of pyridine rings is 1. The second kappa shape index (κ2) is 4.68. The van der Waals surface area contributed by atoms with Gasteiger partial charge in [-0.05, 0) is 37.2 Å².